The monoisotopic (exact) mass is 293 g/mol. The number of aliphatic hydroxyl groups is 1. The van der Waals surface area contributed by atoms with Crippen LogP contribution in [0.3, 0.4) is 0 Å². The van der Waals surface area contributed by atoms with Crippen molar-refractivity contribution in [2.45, 2.75) is 37.4 Å². The van der Waals surface area contributed by atoms with Crippen LogP contribution in [0.5, 0.6) is 0 Å². The first-order chi connectivity index (χ1) is 10.1. The Morgan fingerprint density at radius 2 is 2.38 bits per heavy atom. The molecule has 1 N–H and O–H groups in total. The predicted octanol–water partition coefficient (Wildman–Crippen LogP) is 1.51. The molecule has 2 aliphatic rings. The van der Waals surface area contributed by atoms with Crippen LogP contribution in [0.4, 0.5) is 4.39 Å². The van der Waals surface area contributed by atoms with E-state index in [2.05, 4.69) is 0 Å². The number of carbonyl (C=O) groups excluding carboxylic acids is 1. The molecule has 2 heterocycles. The molecule has 0 unspecified atom stereocenters. The van der Waals surface area contributed by atoms with Crippen LogP contribution in [0, 0.1) is 5.82 Å². The summed E-state index contributed by atoms with van der Waals surface area (Å²) in [5.41, 5.74) is 0.268. The Morgan fingerprint density at radius 3 is 3.10 bits per heavy atom. The van der Waals surface area contributed by atoms with Gasteiger partial charge in [-0.15, -0.1) is 0 Å². The fourth-order valence-corrected chi connectivity index (χ4v) is 3.27. The second-order valence-electron chi connectivity index (χ2n) is 5.94. The zero-order chi connectivity index (χ0) is 14.9. The van der Waals surface area contributed by atoms with E-state index in [0.29, 0.717) is 32.5 Å². The molecule has 2 atom stereocenters. The van der Waals surface area contributed by atoms with Gasteiger partial charge < -0.3 is 14.7 Å². The number of carbonyl (C=O) groups is 1. The Labute approximate surface area is 123 Å². The number of ether oxygens (including phenoxy) is 1. The number of amides is 1. The van der Waals surface area contributed by atoms with Gasteiger partial charge in [0.05, 0.1) is 6.54 Å². The number of likely N-dealkylation sites (tertiary alicyclic amines) is 1. The molecule has 0 radical (unpaired) electrons. The van der Waals surface area contributed by atoms with Gasteiger partial charge >= 0.3 is 0 Å². The van der Waals surface area contributed by atoms with E-state index in [9.17, 15) is 14.3 Å². The minimum atomic E-state index is -0.599. The van der Waals surface area contributed by atoms with Gasteiger partial charge in [-0.05, 0) is 37.0 Å². The smallest absolute Gasteiger partial charge is 0.223 e. The standard InChI is InChI=1S/C16H20FNO3/c17-13-4-1-3-12(9-13)5-6-15(20)18-10-14(19)16(11-18)7-2-8-21-16/h1,3-4,9,14,19H,2,5-8,10-11H2/t14-,16-/m0/s1. The van der Waals surface area contributed by atoms with Crippen molar-refractivity contribution in [3.05, 3.63) is 35.6 Å². The lowest BCUT2D eigenvalue weighted by molar-refractivity contribution is -0.131. The van der Waals surface area contributed by atoms with Crippen molar-refractivity contribution in [1.29, 1.82) is 0 Å². The summed E-state index contributed by atoms with van der Waals surface area (Å²) < 4.78 is 18.8. The number of aryl methyl sites for hydroxylation is 1. The van der Waals surface area contributed by atoms with E-state index in [1.54, 1.807) is 11.0 Å². The molecular formula is C16H20FNO3. The van der Waals surface area contributed by atoms with Crippen LogP contribution in [0.1, 0.15) is 24.8 Å². The Balaban J connectivity index is 1.57. The summed E-state index contributed by atoms with van der Waals surface area (Å²) in [5.74, 6) is -0.291. The molecule has 0 saturated carbocycles. The highest BCUT2D eigenvalue weighted by atomic mass is 19.1. The molecule has 0 aromatic heterocycles. The van der Waals surface area contributed by atoms with Crippen LogP contribution in [-0.4, -0.2) is 47.3 Å². The number of β-amino-alcohol motifs (C(OH)–C–C–N with tert-alkyl or cyclic N) is 1. The molecule has 2 saturated heterocycles. The minimum absolute atomic E-state index is 0.00862. The minimum Gasteiger partial charge on any atom is -0.388 e. The molecule has 3 rings (SSSR count). The summed E-state index contributed by atoms with van der Waals surface area (Å²) in [4.78, 5) is 13.9. The molecule has 1 aromatic carbocycles. The molecule has 2 aliphatic heterocycles. The third-order valence-electron chi connectivity index (χ3n) is 4.46. The average molecular weight is 293 g/mol. The van der Waals surface area contributed by atoms with Crippen molar-refractivity contribution in [2.75, 3.05) is 19.7 Å². The molecule has 0 bridgehead atoms. The summed E-state index contributed by atoms with van der Waals surface area (Å²) in [7, 11) is 0. The van der Waals surface area contributed by atoms with Crippen molar-refractivity contribution >= 4 is 5.91 Å². The molecule has 5 heteroatoms. The van der Waals surface area contributed by atoms with Gasteiger partial charge in [-0.1, -0.05) is 12.1 Å². The van der Waals surface area contributed by atoms with E-state index >= 15 is 0 Å². The third kappa shape index (κ3) is 2.94. The van der Waals surface area contributed by atoms with E-state index in [1.807, 2.05) is 6.07 Å². The molecule has 1 spiro atoms. The number of rotatable bonds is 3. The normalized spacial score (nSPS) is 28.5. The fourth-order valence-electron chi connectivity index (χ4n) is 3.27. The first-order valence-corrected chi connectivity index (χ1v) is 7.43. The molecule has 1 aromatic rings. The maximum absolute atomic E-state index is 13.1. The van der Waals surface area contributed by atoms with Crippen molar-refractivity contribution < 1.29 is 19.0 Å². The number of nitrogens with zero attached hydrogens (tertiary/aromatic N) is 1. The summed E-state index contributed by atoms with van der Waals surface area (Å²) in [5, 5.41) is 10.2. The Hall–Kier alpha value is -1.46. The van der Waals surface area contributed by atoms with Crippen LogP contribution < -0.4 is 0 Å². The lowest BCUT2D eigenvalue weighted by atomic mass is 9.97. The Bertz CT molecular complexity index is 528. The van der Waals surface area contributed by atoms with Gasteiger partial charge in [0, 0.05) is 19.6 Å². The van der Waals surface area contributed by atoms with Crippen LogP contribution in [0.25, 0.3) is 0 Å². The highest BCUT2D eigenvalue weighted by Gasteiger charge is 2.50. The van der Waals surface area contributed by atoms with E-state index in [4.69, 9.17) is 4.74 Å². The van der Waals surface area contributed by atoms with E-state index in [-0.39, 0.29) is 11.7 Å². The van der Waals surface area contributed by atoms with Crippen LogP contribution >= 0.6 is 0 Å². The van der Waals surface area contributed by atoms with Crippen LogP contribution in [0.2, 0.25) is 0 Å². The lowest BCUT2D eigenvalue weighted by Gasteiger charge is -2.25. The molecule has 0 aliphatic carbocycles. The summed E-state index contributed by atoms with van der Waals surface area (Å²) in [6.07, 6.45) is 1.98. The quantitative estimate of drug-likeness (QED) is 0.919. The number of aliphatic hydroxyl groups excluding tert-OH is 1. The van der Waals surface area contributed by atoms with Gasteiger partial charge in [0.1, 0.15) is 17.5 Å². The average Bonchev–Trinajstić information content (AvgIpc) is 3.06. The molecule has 1 amide bonds. The molecule has 2 fully saturated rings. The third-order valence-corrected chi connectivity index (χ3v) is 4.46. The number of hydrogen-bond donors (Lipinski definition) is 1. The van der Waals surface area contributed by atoms with Gasteiger partial charge in [0.15, 0.2) is 0 Å². The molecule has 114 valence electrons. The van der Waals surface area contributed by atoms with Crippen molar-refractivity contribution in [3.63, 3.8) is 0 Å². The molecule has 21 heavy (non-hydrogen) atoms. The van der Waals surface area contributed by atoms with Gasteiger partial charge in [0.25, 0.3) is 0 Å². The zero-order valence-electron chi connectivity index (χ0n) is 11.9. The Kier molecular flexibility index (Phi) is 3.95. The first-order valence-electron chi connectivity index (χ1n) is 7.43. The SMILES string of the molecule is O=C(CCc1cccc(F)c1)N1C[C@H](O)[C@]2(CCCO2)C1. The molecule has 4 nitrogen and oxygen atoms in total. The van der Waals surface area contributed by atoms with E-state index in [0.717, 1.165) is 18.4 Å². The fraction of sp³-hybridized carbons (Fsp3) is 0.562. The van der Waals surface area contributed by atoms with Crippen molar-refractivity contribution in [1.82, 2.24) is 4.90 Å². The summed E-state index contributed by atoms with van der Waals surface area (Å²) >= 11 is 0. The summed E-state index contributed by atoms with van der Waals surface area (Å²) in [6, 6.07) is 6.31. The first kappa shape index (κ1) is 14.5. The summed E-state index contributed by atoms with van der Waals surface area (Å²) in [6.45, 7) is 1.46. The van der Waals surface area contributed by atoms with Gasteiger partial charge in [0.2, 0.25) is 5.91 Å². The number of hydrogen-bond acceptors (Lipinski definition) is 3. The van der Waals surface area contributed by atoms with Gasteiger partial charge in [-0.25, -0.2) is 4.39 Å². The van der Waals surface area contributed by atoms with Gasteiger partial charge in [-0.2, -0.15) is 0 Å². The van der Waals surface area contributed by atoms with Crippen molar-refractivity contribution in [3.8, 4) is 0 Å². The van der Waals surface area contributed by atoms with E-state index < -0.39 is 11.7 Å². The second kappa shape index (κ2) is 5.73. The molecular weight excluding hydrogens is 273 g/mol. The second-order valence-corrected chi connectivity index (χ2v) is 5.94. The topological polar surface area (TPSA) is 49.8 Å². The van der Waals surface area contributed by atoms with E-state index in [1.165, 1.54) is 12.1 Å². The van der Waals surface area contributed by atoms with Crippen LogP contribution in [-0.2, 0) is 16.0 Å². The number of halogens is 1. The highest BCUT2D eigenvalue weighted by molar-refractivity contribution is 5.77. The van der Waals surface area contributed by atoms with Crippen molar-refractivity contribution in [2.24, 2.45) is 0 Å². The lowest BCUT2D eigenvalue weighted by Crippen LogP contribution is -2.41. The highest BCUT2D eigenvalue weighted by Crippen LogP contribution is 2.35. The predicted molar refractivity (Wildman–Crippen MR) is 75.2 cm³/mol. The van der Waals surface area contributed by atoms with Crippen LogP contribution in [0.15, 0.2) is 24.3 Å². The Morgan fingerprint density at radius 1 is 1.52 bits per heavy atom. The maximum Gasteiger partial charge on any atom is 0.223 e. The zero-order valence-corrected chi connectivity index (χ0v) is 11.9. The van der Waals surface area contributed by atoms with Gasteiger partial charge in [-0.3, -0.25) is 4.79 Å². The largest absolute Gasteiger partial charge is 0.388 e. The maximum atomic E-state index is 13.1. The number of benzene rings is 1.